The molecule has 0 unspecified atom stereocenters. The predicted octanol–water partition coefficient (Wildman–Crippen LogP) is 4.64. The molecule has 0 spiro atoms. The third-order valence-corrected chi connectivity index (χ3v) is 7.12. The molecule has 0 saturated carbocycles. The van der Waals surface area contributed by atoms with Crippen molar-refractivity contribution in [2.45, 2.75) is 19.4 Å². The quantitative estimate of drug-likeness (QED) is 0.586. The van der Waals surface area contributed by atoms with Crippen molar-refractivity contribution in [1.29, 1.82) is 0 Å². The van der Waals surface area contributed by atoms with Crippen molar-refractivity contribution in [2.24, 2.45) is 5.10 Å². The largest absolute Gasteiger partial charge is 0.284 e. The van der Waals surface area contributed by atoms with Crippen LogP contribution >= 0.6 is 11.3 Å². The van der Waals surface area contributed by atoms with Crippen molar-refractivity contribution in [2.75, 3.05) is 10.5 Å². The van der Waals surface area contributed by atoms with Crippen LogP contribution in [0.15, 0.2) is 71.1 Å². The van der Waals surface area contributed by atoms with Crippen LogP contribution in [0.5, 0.6) is 0 Å². The van der Waals surface area contributed by atoms with Crippen molar-refractivity contribution in [3.8, 4) is 0 Å². The van der Waals surface area contributed by atoms with Crippen molar-refractivity contribution in [3.05, 3.63) is 87.9 Å². The number of rotatable bonds is 6. The number of hydrogen-bond donors (Lipinski definition) is 1. The molecule has 1 amide bonds. The first-order valence-corrected chi connectivity index (χ1v) is 12.2. The summed E-state index contributed by atoms with van der Waals surface area (Å²) in [6, 6.07) is 16.1. The fourth-order valence-electron chi connectivity index (χ4n) is 3.34. The SMILES string of the molecule is CCS(=O)(=O)Nc1cccc(C2=NN(C(=O)c3cccs3)[C@H](c3ccc(F)cc3)C2)c1. The standard InChI is InChI=1S/C22H20FN3O3S2/c1-2-31(28,29)25-18-6-3-5-16(13-18)19-14-20(15-8-10-17(23)11-9-15)26(24-19)22(27)21-7-4-12-30-21/h3-13,20,25H,2,14H2,1H3/t20-/m0/s1. The second kappa shape index (κ2) is 8.60. The maximum absolute atomic E-state index is 13.4. The molecule has 0 aliphatic carbocycles. The highest BCUT2D eigenvalue weighted by atomic mass is 32.2. The number of carbonyl (C=O) groups is 1. The number of hydrazone groups is 1. The number of nitrogens with zero attached hydrogens (tertiary/aromatic N) is 2. The van der Waals surface area contributed by atoms with Gasteiger partial charge >= 0.3 is 0 Å². The second-order valence-electron chi connectivity index (χ2n) is 7.03. The third kappa shape index (κ3) is 4.67. The van der Waals surface area contributed by atoms with Crippen molar-refractivity contribution in [1.82, 2.24) is 5.01 Å². The summed E-state index contributed by atoms with van der Waals surface area (Å²) in [5.41, 5.74) is 2.57. The van der Waals surface area contributed by atoms with E-state index in [1.807, 2.05) is 11.4 Å². The predicted molar refractivity (Wildman–Crippen MR) is 120 cm³/mol. The Morgan fingerprint density at radius 1 is 1.19 bits per heavy atom. The van der Waals surface area contributed by atoms with Gasteiger partial charge in [-0.3, -0.25) is 9.52 Å². The van der Waals surface area contributed by atoms with Gasteiger partial charge in [-0.15, -0.1) is 11.3 Å². The lowest BCUT2D eigenvalue weighted by Gasteiger charge is -2.21. The number of nitrogens with one attached hydrogen (secondary N) is 1. The molecule has 2 heterocycles. The Balaban J connectivity index is 1.69. The van der Waals surface area contributed by atoms with Gasteiger partial charge in [-0.2, -0.15) is 5.10 Å². The van der Waals surface area contributed by atoms with E-state index >= 15 is 0 Å². The topological polar surface area (TPSA) is 78.8 Å². The van der Waals surface area contributed by atoms with Crippen LogP contribution in [0.25, 0.3) is 0 Å². The van der Waals surface area contributed by atoms with E-state index in [0.29, 0.717) is 28.3 Å². The Hall–Kier alpha value is -3.04. The van der Waals surface area contributed by atoms with E-state index < -0.39 is 10.0 Å². The van der Waals surface area contributed by atoms with E-state index in [0.717, 1.165) is 5.56 Å². The van der Waals surface area contributed by atoms with Gasteiger partial charge in [0.25, 0.3) is 5.91 Å². The molecule has 1 aliphatic heterocycles. The van der Waals surface area contributed by atoms with Crippen LogP contribution in [0.4, 0.5) is 10.1 Å². The molecule has 6 nitrogen and oxygen atoms in total. The van der Waals surface area contributed by atoms with E-state index in [-0.39, 0.29) is 23.5 Å². The summed E-state index contributed by atoms with van der Waals surface area (Å²) in [5.74, 6) is -0.620. The summed E-state index contributed by atoms with van der Waals surface area (Å²) in [6.07, 6.45) is 0.423. The number of halogens is 1. The molecule has 0 bridgehead atoms. The number of hydrogen-bond acceptors (Lipinski definition) is 5. The molecule has 1 N–H and O–H groups in total. The normalized spacial score (nSPS) is 16.3. The van der Waals surface area contributed by atoms with Gasteiger partial charge in [0.15, 0.2) is 0 Å². The summed E-state index contributed by atoms with van der Waals surface area (Å²) >= 11 is 1.33. The molecule has 0 radical (unpaired) electrons. The number of carbonyl (C=O) groups excluding carboxylic acids is 1. The molecule has 9 heteroatoms. The molecule has 1 aliphatic rings. The fraction of sp³-hybridized carbons (Fsp3) is 0.182. The maximum Gasteiger partial charge on any atom is 0.284 e. The van der Waals surface area contributed by atoms with Crippen LogP contribution < -0.4 is 4.72 Å². The number of amides is 1. The molecule has 0 fully saturated rings. The zero-order chi connectivity index (χ0) is 22.0. The molecule has 31 heavy (non-hydrogen) atoms. The number of thiophene rings is 1. The molecular weight excluding hydrogens is 437 g/mol. The van der Waals surface area contributed by atoms with Gasteiger partial charge < -0.3 is 0 Å². The Morgan fingerprint density at radius 2 is 1.97 bits per heavy atom. The van der Waals surface area contributed by atoms with Crippen LogP contribution in [-0.2, 0) is 10.0 Å². The summed E-state index contributed by atoms with van der Waals surface area (Å²) in [7, 11) is -3.41. The van der Waals surface area contributed by atoms with Gasteiger partial charge in [-0.25, -0.2) is 17.8 Å². The van der Waals surface area contributed by atoms with E-state index in [2.05, 4.69) is 9.82 Å². The van der Waals surface area contributed by atoms with Gasteiger partial charge in [-0.05, 0) is 53.8 Å². The minimum absolute atomic E-state index is 0.0338. The molecule has 0 saturated heterocycles. The second-order valence-corrected chi connectivity index (χ2v) is 9.99. The Bertz CT molecular complexity index is 1220. The lowest BCUT2D eigenvalue weighted by molar-refractivity contribution is 0.0716. The Kier molecular flexibility index (Phi) is 5.88. The minimum atomic E-state index is -3.41. The van der Waals surface area contributed by atoms with E-state index in [4.69, 9.17) is 0 Å². The van der Waals surface area contributed by atoms with E-state index in [9.17, 15) is 17.6 Å². The minimum Gasteiger partial charge on any atom is -0.284 e. The average molecular weight is 458 g/mol. The van der Waals surface area contributed by atoms with Crippen LogP contribution in [-0.4, -0.2) is 30.8 Å². The molecule has 2 aromatic carbocycles. The van der Waals surface area contributed by atoms with Crippen LogP contribution in [0.1, 0.15) is 40.2 Å². The number of sulfonamides is 1. The van der Waals surface area contributed by atoms with Crippen molar-refractivity contribution in [3.63, 3.8) is 0 Å². The monoisotopic (exact) mass is 457 g/mol. The highest BCUT2D eigenvalue weighted by molar-refractivity contribution is 7.92. The summed E-state index contributed by atoms with van der Waals surface area (Å²) in [5, 5.41) is 7.84. The smallest absolute Gasteiger partial charge is 0.284 e. The molecule has 3 aromatic rings. The van der Waals surface area contributed by atoms with E-state index in [1.165, 1.54) is 28.5 Å². The maximum atomic E-state index is 13.4. The van der Waals surface area contributed by atoms with Crippen LogP contribution in [0, 0.1) is 5.82 Å². The lowest BCUT2D eigenvalue weighted by Crippen LogP contribution is -2.26. The highest BCUT2D eigenvalue weighted by Gasteiger charge is 2.34. The first-order valence-electron chi connectivity index (χ1n) is 9.67. The van der Waals surface area contributed by atoms with Gasteiger partial charge in [-0.1, -0.05) is 30.3 Å². The van der Waals surface area contributed by atoms with Gasteiger partial charge in [0, 0.05) is 12.1 Å². The van der Waals surface area contributed by atoms with Gasteiger partial charge in [0.1, 0.15) is 5.82 Å². The first kappa shape index (κ1) is 21.2. The number of anilines is 1. The number of benzene rings is 2. The summed E-state index contributed by atoms with van der Waals surface area (Å²) in [6.45, 7) is 1.56. The summed E-state index contributed by atoms with van der Waals surface area (Å²) in [4.78, 5) is 13.6. The average Bonchev–Trinajstić information content (AvgIpc) is 3.44. The zero-order valence-corrected chi connectivity index (χ0v) is 18.3. The highest BCUT2D eigenvalue weighted by Crippen LogP contribution is 2.35. The van der Waals surface area contributed by atoms with Gasteiger partial charge in [0.05, 0.1) is 22.4 Å². The van der Waals surface area contributed by atoms with Crippen molar-refractivity contribution >= 4 is 38.7 Å². The molecule has 1 aromatic heterocycles. The zero-order valence-electron chi connectivity index (χ0n) is 16.7. The van der Waals surface area contributed by atoms with Crippen molar-refractivity contribution < 1.29 is 17.6 Å². The fourth-order valence-corrected chi connectivity index (χ4v) is 4.63. The molecule has 4 rings (SSSR count). The summed E-state index contributed by atoms with van der Waals surface area (Å²) < 4.78 is 39.8. The van der Waals surface area contributed by atoms with Crippen LogP contribution in [0.3, 0.4) is 0 Å². The Morgan fingerprint density at radius 3 is 2.65 bits per heavy atom. The third-order valence-electron chi connectivity index (χ3n) is 4.95. The molecule has 160 valence electrons. The van der Waals surface area contributed by atoms with E-state index in [1.54, 1.807) is 49.4 Å². The van der Waals surface area contributed by atoms with Crippen LogP contribution in [0.2, 0.25) is 0 Å². The molecule has 1 atom stereocenters. The van der Waals surface area contributed by atoms with Gasteiger partial charge in [0.2, 0.25) is 10.0 Å². The lowest BCUT2D eigenvalue weighted by atomic mass is 9.98. The first-order chi connectivity index (χ1) is 14.9. The molecular formula is C22H20FN3O3S2. The Labute approximate surface area is 184 Å².